The van der Waals surface area contributed by atoms with E-state index in [1.165, 1.54) is 6.07 Å². The maximum Gasteiger partial charge on any atom is 0.416 e. The SMILES string of the molecule is O=C(N[C@H]1COc2ccc(C(F)(F)F)cc2C1)c1cc2n(n1)CCC(C1CCOC1)O2. The Morgan fingerprint density at radius 2 is 2.06 bits per heavy atom. The van der Waals surface area contributed by atoms with E-state index >= 15 is 0 Å². The topological polar surface area (TPSA) is 74.6 Å². The first-order chi connectivity index (χ1) is 14.9. The molecule has 0 bridgehead atoms. The number of alkyl halides is 3. The zero-order chi connectivity index (χ0) is 21.6. The molecule has 166 valence electrons. The van der Waals surface area contributed by atoms with Gasteiger partial charge in [0.2, 0.25) is 5.88 Å². The summed E-state index contributed by atoms with van der Waals surface area (Å²) >= 11 is 0. The van der Waals surface area contributed by atoms with Gasteiger partial charge in [-0.25, -0.2) is 4.68 Å². The average Bonchev–Trinajstić information content (AvgIpc) is 3.42. The molecule has 0 saturated carbocycles. The average molecular weight is 437 g/mol. The van der Waals surface area contributed by atoms with Crippen LogP contribution < -0.4 is 14.8 Å². The van der Waals surface area contributed by atoms with Crippen molar-refractivity contribution in [2.75, 3.05) is 19.8 Å². The fourth-order valence-corrected chi connectivity index (χ4v) is 4.33. The van der Waals surface area contributed by atoms with Gasteiger partial charge in [0.25, 0.3) is 5.91 Å². The predicted octanol–water partition coefficient (Wildman–Crippen LogP) is 2.82. The standard InChI is InChI=1S/C21H22F3N3O4/c22-21(23,24)14-1-2-17-13(7-14)8-15(11-30-17)25-20(28)16-9-19-27(26-16)5-3-18(31-19)12-4-6-29-10-12/h1-2,7,9,12,15,18H,3-6,8,10-11H2,(H,25,28)/t12?,15-,18?/m1/s1. The van der Waals surface area contributed by atoms with Crippen molar-refractivity contribution in [2.45, 2.75) is 44.1 Å². The molecule has 3 aliphatic heterocycles. The van der Waals surface area contributed by atoms with Crippen LogP contribution in [0.15, 0.2) is 24.3 Å². The van der Waals surface area contributed by atoms with E-state index in [-0.39, 0.29) is 24.8 Å². The van der Waals surface area contributed by atoms with Crippen molar-refractivity contribution >= 4 is 5.91 Å². The second-order valence-electron chi connectivity index (χ2n) is 8.17. The Hall–Kier alpha value is -2.75. The molecule has 31 heavy (non-hydrogen) atoms. The van der Waals surface area contributed by atoms with Gasteiger partial charge in [-0.05, 0) is 36.6 Å². The Labute approximate surface area is 176 Å². The largest absolute Gasteiger partial charge is 0.491 e. The zero-order valence-corrected chi connectivity index (χ0v) is 16.7. The van der Waals surface area contributed by atoms with E-state index in [9.17, 15) is 18.0 Å². The van der Waals surface area contributed by atoms with Crippen LogP contribution in [-0.2, 0) is 23.9 Å². The van der Waals surface area contributed by atoms with Gasteiger partial charge >= 0.3 is 6.18 Å². The molecule has 0 aliphatic carbocycles. The summed E-state index contributed by atoms with van der Waals surface area (Å²) < 4.78 is 57.6. The van der Waals surface area contributed by atoms with E-state index in [1.54, 1.807) is 10.7 Å². The van der Waals surface area contributed by atoms with Gasteiger partial charge in [0.05, 0.1) is 18.2 Å². The number of halogens is 3. The number of hydrogen-bond acceptors (Lipinski definition) is 5. The van der Waals surface area contributed by atoms with Gasteiger partial charge < -0.3 is 19.5 Å². The minimum atomic E-state index is -4.43. The number of rotatable bonds is 3. The summed E-state index contributed by atoms with van der Waals surface area (Å²) in [6.07, 6.45) is -2.36. The molecule has 3 atom stereocenters. The van der Waals surface area contributed by atoms with E-state index in [1.807, 2.05) is 0 Å². The van der Waals surface area contributed by atoms with E-state index in [4.69, 9.17) is 14.2 Å². The van der Waals surface area contributed by atoms with Crippen LogP contribution in [0.25, 0.3) is 0 Å². The molecule has 7 nitrogen and oxygen atoms in total. The molecular weight excluding hydrogens is 415 g/mol. The first-order valence-corrected chi connectivity index (χ1v) is 10.3. The Balaban J connectivity index is 1.24. The van der Waals surface area contributed by atoms with Crippen LogP contribution in [0.5, 0.6) is 11.6 Å². The minimum absolute atomic E-state index is 0.0497. The Bertz CT molecular complexity index is 985. The van der Waals surface area contributed by atoms with Crippen molar-refractivity contribution in [3.05, 3.63) is 41.1 Å². The maximum atomic E-state index is 13.0. The van der Waals surface area contributed by atoms with E-state index in [0.29, 0.717) is 36.3 Å². The number of nitrogens with one attached hydrogen (secondary N) is 1. The summed E-state index contributed by atoms with van der Waals surface area (Å²) in [5.41, 5.74) is -0.100. The number of aromatic nitrogens is 2. The summed E-state index contributed by atoms with van der Waals surface area (Å²) in [6, 6.07) is 4.55. The lowest BCUT2D eigenvalue weighted by atomic mass is 9.98. The summed E-state index contributed by atoms with van der Waals surface area (Å²) in [5.74, 6) is 0.900. The zero-order valence-electron chi connectivity index (χ0n) is 16.7. The molecule has 1 aromatic heterocycles. The highest BCUT2D eigenvalue weighted by Gasteiger charge is 2.34. The van der Waals surface area contributed by atoms with Crippen molar-refractivity contribution in [3.8, 4) is 11.6 Å². The maximum absolute atomic E-state index is 13.0. The third kappa shape index (κ3) is 4.08. The molecule has 2 aromatic rings. The first-order valence-electron chi connectivity index (χ1n) is 10.3. The van der Waals surface area contributed by atoms with Crippen LogP contribution in [0.1, 0.15) is 34.5 Å². The lowest BCUT2D eigenvalue weighted by Gasteiger charge is -2.28. The lowest BCUT2D eigenvalue weighted by molar-refractivity contribution is -0.137. The van der Waals surface area contributed by atoms with E-state index < -0.39 is 23.7 Å². The lowest BCUT2D eigenvalue weighted by Crippen LogP contribution is -2.43. The summed E-state index contributed by atoms with van der Waals surface area (Å²) in [5, 5.41) is 7.14. The molecule has 0 spiro atoms. The van der Waals surface area contributed by atoms with Gasteiger partial charge in [-0.3, -0.25) is 4.79 Å². The molecule has 2 unspecified atom stereocenters. The highest BCUT2D eigenvalue weighted by atomic mass is 19.4. The number of benzene rings is 1. The normalized spacial score (nSPS) is 25.2. The van der Waals surface area contributed by atoms with Crippen LogP contribution in [0.3, 0.4) is 0 Å². The fraction of sp³-hybridized carbons (Fsp3) is 0.524. The van der Waals surface area contributed by atoms with Crippen molar-refractivity contribution < 1.29 is 32.2 Å². The van der Waals surface area contributed by atoms with Crippen LogP contribution in [0, 0.1) is 5.92 Å². The number of aryl methyl sites for hydroxylation is 1. The molecule has 4 heterocycles. The number of hydrogen-bond donors (Lipinski definition) is 1. The summed E-state index contributed by atoms with van der Waals surface area (Å²) in [6.45, 7) is 2.27. The van der Waals surface area contributed by atoms with Gasteiger partial charge in [0.1, 0.15) is 18.5 Å². The van der Waals surface area contributed by atoms with Crippen LogP contribution in [0.4, 0.5) is 13.2 Å². The smallest absolute Gasteiger partial charge is 0.416 e. The molecule has 10 heteroatoms. The van der Waals surface area contributed by atoms with Crippen molar-refractivity contribution in [3.63, 3.8) is 0 Å². The Kier molecular flexibility index (Phi) is 5.04. The first kappa shape index (κ1) is 20.2. The second kappa shape index (κ2) is 7.74. The summed E-state index contributed by atoms with van der Waals surface area (Å²) in [4.78, 5) is 12.7. The van der Waals surface area contributed by atoms with Gasteiger partial charge in [-0.2, -0.15) is 18.3 Å². The van der Waals surface area contributed by atoms with Crippen molar-refractivity contribution in [1.29, 1.82) is 0 Å². The third-order valence-corrected chi connectivity index (χ3v) is 5.99. The second-order valence-corrected chi connectivity index (χ2v) is 8.17. The van der Waals surface area contributed by atoms with Gasteiger partial charge in [0, 0.05) is 31.6 Å². The molecule has 0 radical (unpaired) electrons. The van der Waals surface area contributed by atoms with E-state index in [2.05, 4.69) is 10.4 Å². The molecule has 1 amide bonds. The van der Waals surface area contributed by atoms with Crippen LogP contribution in [0.2, 0.25) is 0 Å². The molecule has 5 rings (SSSR count). The predicted molar refractivity (Wildman–Crippen MR) is 102 cm³/mol. The highest BCUT2D eigenvalue weighted by Crippen LogP contribution is 2.34. The minimum Gasteiger partial charge on any atom is -0.491 e. The number of fused-ring (bicyclic) bond motifs is 2. The number of ether oxygens (including phenoxy) is 3. The number of carbonyl (C=O) groups excluding carboxylic acids is 1. The quantitative estimate of drug-likeness (QED) is 0.800. The van der Waals surface area contributed by atoms with Gasteiger partial charge in [-0.15, -0.1) is 0 Å². The molecule has 1 fully saturated rings. The molecule has 3 aliphatic rings. The van der Waals surface area contributed by atoms with Crippen molar-refractivity contribution in [1.82, 2.24) is 15.1 Å². The van der Waals surface area contributed by atoms with Crippen LogP contribution >= 0.6 is 0 Å². The third-order valence-electron chi connectivity index (χ3n) is 5.99. The Morgan fingerprint density at radius 1 is 1.19 bits per heavy atom. The molecule has 1 aromatic carbocycles. The molecule has 1 saturated heterocycles. The fourth-order valence-electron chi connectivity index (χ4n) is 4.33. The monoisotopic (exact) mass is 437 g/mol. The number of amides is 1. The Morgan fingerprint density at radius 3 is 2.84 bits per heavy atom. The molecule has 1 N–H and O–H groups in total. The van der Waals surface area contributed by atoms with Gasteiger partial charge in [0.15, 0.2) is 5.69 Å². The van der Waals surface area contributed by atoms with Crippen molar-refractivity contribution in [2.24, 2.45) is 5.92 Å². The molecular formula is C21H22F3N3O4. The highest BCUT2D eigenvalue weighted by molar-refractivity contribution is 5.92. The van der Waals surface area contributed by atoms with Gasteiger partial charge in [-0.1, -0.05) is 0 Å². The number of nitrogens with zero attached hydrogens (tertiary/aromatic N) is 2. The van der Waals surface area contributed by atoms with E-state index in [0.717, 1.165) is 31.6 Å². The van der Waals surface area contributed by atoms with Crippen LogP contribution in [-0.4, -0.2) is 47.7 Å². The number of carbonyl (C=O) groups is 1. The summed E-state index contributed by atoms with van der Waals surface area (Å²) in [7, 11) is 0.